The molecule has 2 aromatic rings. The average Bonchev–Trinajstić information content (AvgIpc) is 2.81. The van der Waals surface area contributed by atoms with Crippen molar-refractivity contribution in [2.24, 2.45) is 23.5 Å². The van der Waals surface area contributed by atoms with E-state index in [4.69, 9.17) is 5.73 Å². The van der Waals surface area contributed by atoms with Crippen LogP contribution < -0.4 is 21.3 Å². The highest BCUT2D eigenvalue weighted by Crippen LogP contribution is 2.56. The van der Waals surface area contributed by atoms with Gasteiger partial charge in [-0.25, -0.2) is 4.98 Å². The first kappa shape index (κ1) is 22.6. The quantitative estimate of drug-likeness (QED) is 0.508. The normalized spacial score (nSPS) is 32.0. The highest BCUT2D eigenvalue weighted by Gasteiger charge is 2.54. The van der Waals surface area contributed by atoms with E-state index in [1.54, 1.807) is 6.20 Å². The predicted molar refractivity (Wildman–Crippen MR) is 138 cm³/mol. The number of benzene rings is 1. The summed E-state index contributed by atoms with van der Waals surface area (Å²) < 4.78 is 0. The Morgan fingerprint density at radius 3 is 2.40 bits per heavy atom. The van der Waals surface area contributed by atoms with Crippen LogP contribution in [0.25, 0.3) is 0 Å². The van der Waals surface area contributed by atoms with Gasteiger partial charge in [0.1, 0.15) is 5.82 Å². The maximum Gasteiger partial charge on any atom is 0.252 e. The van der Waals surface area contributed by atoms with Crippen LogP contribution in [0.5, 0.6) is 0 Å². The van der Waals surface area contributed by atoms with Crippen LogP contribution in [0.15, 0.2) is 36.5 Å². The topological polar surface area (TPSA) is 107 Å². The van der Waals surface area contributed by atoms with Crippen LogP contribution in [0, 0.1) is 17.8 Å². The number of hydrogen-bond acceptors (Lipinski definition) is 7. The summed E-state index contributed by atoms with van der Waals surface area (Å²) in [6.45, 7) is 4.23. The van der Waals surface area contributed by atoms with Crippen LogP contribution >= 0.6 is 0 Å². The van der Waals surface area contributed by atoms with Crippen molar-refractivity contribution in [1.82, 2.24) is 9.88 Å². The summed E-state index contributed by atoms with van der Waals surface area (Å²) in [5.41, 5.74) is 8.53. The van der Waals surface area contributed by atoms with E-state index in [9.17, 15) is 9.90 Å². The van der Waals surface area contributed by atoms with Crippen molar-refractivity contribution in [2.45, 2.75) is 43.7 Å². The molecule has 1 saturated heterocycles. The zero-order valence-corrected chi connectivity index (χ0v) is 20.4. The molecule has 7 rings (SSSR count). The number of aliphatic hydroxyl groups is 1. The lowest BCUT2D eigenvalue weighted by Gasteiger charge is -2.58. The molecule has 4 saturated carbocycles. The van der Waals surface area contributed by atoms with Gasteiger partial charge in [0.15, 0.2) is 0 Å². The average molecular weight is 477 g/mol. The van der Waals surface area contributed by atoms with Gasteiger partial charge >= 0.3 is 0 Å². The smallest absolute Gasteiger partial charge is 0.252 e. The van der Waals surface area contributed by atoms with E-state index in [0.717, 1.165) is 69.7 Å². The summed E-state index contributed by atoms with van der Waals surface area (Å²) in [5.74, 6) is 1.69. The Balaban J connectivity index is 1.18. The molecular formula is C27H36N6O2. The lowest BCUT2D eigenvalue weighted by atomic mass is 9.52. The Morgan fingerprint density at radius 1 is 1.09 bits per heavy atom. The zero-order chi connectivity index (χ0) is 24.2. The van der Waals surface area contributed by atoms with Crippen LogP contribution in [0.4, 0.5) is 22.9 Å². The van der Waals surface area contributed by atoms with Crippen LogP contribution in [0.2, 0.25) is 0 Å². The molecule has 1 aromatic carbocycles. The largest absolute Gasteiger partial charge is 0.390 e. The predicted octanol–water partition coefficient (Wildman–Crippen LogP) is 3.03. The molecule has 8 heteroatoms. The molecule has 0 radical (unpaired) electrons. The van der Waals surface area contributed by atoms with Crippen LogP contribution in [-0.4, -0.2) is 65.8 Å². The van der Waals surface area contributed by atoms with Crippen molar-refractivity contribution in [3.8, 4) is 0 Å². The Labute approximate surface area is 206 Å². The third-order valence-corrected chi connectivity index (χ3v) is 8.74. The lowest BCUT2D eigenvalue weighted by molar-refractivity contribution is -0.129. The lowest BCUT2D eigenvalue weighted by Crippen LogP contribution is -2.59. The summed E-state index contributed by atoms with van der Waals surface area (Å²) in [5, 5.41) is 18.0. The number of pyridine rings is 1. The number of nitrogens with two attached hydrogens (primary N) is 1. The fourth-order valence-corrected chi connectivity index (χ4v) is 7.20. The highest BCUT2D eigenvalue weighted by molar-refractivity contribution is 5.98. The summed E-state index contributed by atoms with van der Waals surface area (Å²) in [6.07, 6.45) is 6.51. The van der Waals surface area contributed by atoms with Crippen molar-refractivity contribution >= 4 is 28.8 Å². The Hall–Kier alpha value is -2.84. The SMILES string of the molecule is CN1CCN(c2ccc(Nc3cc(NC4C5CC6C[C@H]4CC(O)(C6)C5)c(C(N)=O)cn3)cc2)CC1. The van der Waals surface area contributed by atoms with Gasteiger partial charge < -0.3 is 31.3 Å². The number of piperazine rings is 1. The van der Waals surface area contributed by atoms with E-state index in [1.807, 2.05) is 6.07 Å². The maximum atomic E-state index is 12.2. The van der Waals surface area contributed by atoms with Crippen molar-refractivity contribution < 1.29 is 9.90 Å². The van der Waals surface area contributed by atoms with E-state index in [1.165, 1.54) is 5.69 Å². The van der Waals surface area contributed by atoms with Gasteiger partial charge in [0, 0.05) is 55.9 Å². The third-order valence-electron chi connectivity index (χ3n) is 8.74. The number of hydrogen-bond donors (Lipinski definition) is 4. The molecular weight excluding hydrogens is 440 g/mol. The minimum atomic E-state index is -0.484. The first-order valence-corrected chi connectivity index (χ1v) is 12.9. The number of carbonyl (C=O) groups is 1. The number of likely N-dealkylation sites (N-methyl/N-ethyl adjacent to an activating group) is 1. The Morgan fingerprint density at radius 2 is 1.77 bits per heavy atom. The minimum Gasteiger partial charge on any atom is -0.390 e. The first-order valence-electron chi connectivity index (χ1n) is 12.9. The van der Waals surface area contributed by atoms with E-state index >= 15 is 0 Å². The molecule has 1 aliphatic heterocycles. The number of rotatable bonds is 6. The van der Waals surface area contributed by atoms with Gasteiger partial charge in [-0.2, -0.15) is 0 Å². The standard InChI is InChI=1S/C27H36N6O2/c1-32-6-8-33(9-7-32)21-4-2-20(3-5-21)30-24-12-23(22(16-29-24)26(28)34)31-25-18-10-17-11-19(25)15-27(35,13-17)14-18/h2-5,12,16-19,25,35H,6-11,13-15H2,1H3,(H2,28,34)(H2,29,30,31)/t17?,18-,19?,25?,27?/m0/s1. The third kappa shape index (κ3) is 4.45. The van der Waals surface area contributed by atoms with Gasteiger partial charge in [0.05, 0.1) is 16.9 Å². The van der Waals surface area contributed by atoms with E-state index < -0.39 is 11.5 Å². The van der Waals surface area contributed by atoms with Gasteiger partial charge in [-0.1, -0.05) is 0 Å². The monoisotopic (exact) mass is 476 g/mol. The summed E-state index contributed by atoms with van der Waals surface area (Å²) in [4.78, 5) is 21.4. The summed E-state index contributed by atoms with van der Waals surface area (Å²) in [6, 6.07) is 10.6. The molecule has 1 aromatic heterocycles. The maximum absolute atomic E-state index is 12.2. The van der Waals surface area contributed by atoms with Crippen LogP contribution in [-0.2, 0) is 0 Å². The van der Waals surface area contributed by atoms with E-state index in [-0.39, 0.29) is 6.04 Å². The van der Waals surface area contributed by atoms with Crippen LogP contribution in [0.1, 0.15) is 42.5 Å². The van der Waals surface area contributed by atoms with Gasteiger partial charge in [0.25, 0.3) is 5.91 Å². The van der Waals surface area contributed by atoms with Crippen molar-refractivity contribution in [1.29, 1.82) is 0 Å². The molecule has 5 aliphatic rings. The number of anilines is 4. The number of aromatic nitrogens is 1. The van der Waals surface area contributed by atoms with Crippen LogP contribution in [0.3, 0.4) is 0 Å². The van der Waals surface area contributed by atoms with Gasteiger partial charge in [0.2, 0.25) is 0 Å². The molecule has 4 bridgehead atoms. The molecule has 0 spiro atoms. The number of amides is 1. The van der Waals surface area contributed by atoms with Gasteiger partial charge in [-0.05, 0) is 81.2 Å². The molecule has 4 unspecified atom stereocenters. The molecule has 5 atom stereocenters. The molecule has 5 N–H and O–H groups in total. The summed E-state index contributed by atoms with van der Waals surface area (Å²) in [7, 11) is 2.16. The number of primary amides is 1. The van der Waals surface area contributed by atoms with Crippen molar-refractivity contribution in [2.75, 3.05) is 48.8 Å². The second-order valence-electron chi connectivity index (χ2n) is 11.3. The minimum absolute atomic E-state index is 0.253. The fraction of sp³-hybridized carbons (Fsp3) is 0.556. The zero-order valence-electron chi connectivity index (χ0n) is 20.4. The Bertz CT molecular complexity index is 1080. The molecule has 35 heavy (non-hydrogen) atoms. The van der Waals surface area contributed by atoms with Gasteiger partial charge in [-0.15, -0.1) is 0 Å². The summed E-state index contributed by atoms with van der Waals surface area (Å²) >= 11 is 0. The molecule has 8 nitrogen and oxygen atoms in total. The number of nitrogens with one attached hydrogen (secondary N) is 2. The van der Waals surface area contributed by atoms with Gasteiger partial charge in [-0.3, -0.25) is 4.79 Å². The second-order valence-corrected chi connectivity index (χ2v) is 11.3. The van der Waals surface area contributed by atoms with Crippen molar-refractivity contribution in [3.05, 3.63) is 42.1 Å². The van der Waals surface area contributed by atoms with E-state index in [0.29, 0.717) is 29.1 Å². The first-order chi connectivity index (χ1) is 16.8. The molecule has 2 heterocycles. The van der Waals surface area contributed by atoms with Crippen molar-refractivity contribution in [3.63, 3.8) is 0 Å². The molecule has 4 aliphatic carbocycles. The molecule has 1 amide bonds. The number of nitrogens with zero attached hydrogens (tertiary/aromatic N) is 3. The fourth-order valence-electron chi connectivity index (χ4n) is 7.20. The van der Waals surface area contributed by atoms with E-state index in [2.05, 4.69) is 56.7 Å². The molecule has 5 fully saturated rings. The molecule has 186 valence electrons. The second kappa shape index (κ2) is 8.68. The Kier molecular flexibility index (Phi) is 5.60. The highest BCUT2D eigenvalue weighted by atomic mass is 16.3. The number of carbonyl (C=O) groups excluding carboxylic acids is 1.